The number of rotatable bonds is 6. The maximum absolute atomic E-state index is 5.40. The molecule has 5 heteroatoms. The minimum Gasteiger partial charge on any atom is -0.309 e. The van der Waals surface area contributed by atoms with Gasteiger partial charge >= 0.3 is 0 Å². The van der Waals surface area contributed by atoms with Crippen LogP contribution in [0.1, 0.15) is 0 Å². The molecule has 0 aliphatic rings. The fourth-order valence-corrected chi connectivity index (χ4v) is 11.5. The Morgan fingerprint density at radius 2 is 0.897 bits per heavy atom. The smallest absolute Gasteiger partial charge is 0.164 e. The van der Waals surface area contributed by atoms with Gasteiger partial charge in [-0.2, -0.15) is 0 Å². The summed E-state index contributed by atoms with van der Waals surface area (Å²) in [6.07, 6.45) is 0. The van der Waals surface area contributed by atoms with E-state index in [1.165, 1.54) is 63.6 Å². The summed E-state index contributed by atoms with van der Waals surface area (Å²) in [5, 5.41) is 12.0. The van der Waals surface area contributed by atoms with Gasteiger partial charge in [-0.1, -0.05) is 176 Å². The zero-order chi connectivity index (χ0) is 44.7. The van der Waals surface area contributed by atoms with Crippen LogP contribution in [0.5, 0.6) is 0 Å². The lowest BCUT2D eigenvalue weighted by atomic mass is 9.94. The van der Waals surface area contributed by atoms with Crippen LogP contribution in [0.25, 0.3) is 136 Å². The maximum Gasteiger partial charge on any atom is 0.164 e. The SMILES string of the molecule is c1ccc(-c2cccc(-c3ccc4c(-n5c6cc7ccccc7cc6c6c7ccccc7ccc65)ccc(-c5nc(-c6ccccc6)nc(-c6ccc7c(c6)sc6ccccc67)n5)c4c3)c2)cc1. The second-order valence-electron chi connectivity index (χ2n) is 17.6. The van der Waals surface area contributed by atoms with E-state index in [1.807, 2.05) is 18.2 Å². The summed E-state index contributed by atoms with van der Waals surface area (Å²) < 4.78 is 4.94. The molecule has 68 heavy (non-hydrogen) atoms. The summed E-state index contributed by atoms with van der Waals surface area (Å²) in [4.78, 5) is 15.9. The lowest BCUT2D eigenvalue weighted by Crippen LogP contribution is -2.02. The van der Waals surface area contributed by atoms with Gasteiger partial charge in [0, 0.05) is 53.0 Å². The van der Waals surface area contributed by atoms with Crippen LogP contribution in [0, 0.1) is 0 Å². The number of fused-ring (bicyclic) bond motifs is 10. The topological polar surface area (TPSA) is 43.6 Å². The number of hydrogen-bond donors (Lipinski definition) is 0. The van der Waals surface area contributed by atoms with Gasteiger partial charge in [0.15, 0.2) is 17.5 Å². The summed E-state index contributed by atoms with van der Waals surface area (Å²) in [7, 11) is 0. The molecule has 0 N–H and O–H groups in total. The third-order valence-electron chi connectivity index (χ3n) is 13.6. The second-order valence-corrected chi connectivity index (χ2v) is 18.6. The maximum atomic E-state index is 5.40. The van der Waals surface area contributed by atoms with Crippen molar-refractivity contribution in [1.29, 1.82) is 0 Å². The summed E-state index contributed by atoms with van der Waals surface area (Å²) >= 11 is 1.80. The van der Waals surface area contributed by atoms with Gasteiger partial charge < -0.3 is 4.57 Å². The minimum absolute atomic E-state index is 0.622. The van der Waals surface area contributed by atoms with Gasteiger partial charge in [-0.3, -0.25) is 0 Å². The molecule has 0 bridgehead atoms. The Bertz CT molecular complexity index is 4320. The van der Waals surface area contributed by atoms with E-state index < -0.39 is 0 Å². The monoisotopic (exact) mass is 882 g/mol. The van der Waals surface area contributed by atoms with Crippen molar-refractivity contribution in [3.8, 4) is 62.1 Å². The van der Waals surface area contributed by atoms with Gasteiger partial charge in [-0.05, 0) is 104 Å². The third-order valence-corrected chi connectivity index (χ3v) is 14.7. The van der Waals surface area contributed by atoms with Gasteiger partial charge in [-0.25, -0.2) is 15.0 Å². The number of nitrogens with zero attached hydrogens (tertiary/aromatic N) is 4. The van der Waals surface area contributed by atoms with Gasteiger partial charge in [-0.15, -0.1) is 11.3 Å². The third kappa shape index (κ3) is 6.24. The Balaban J connectivity index is 1.05. The summed E-state index contributed by atoms with van der Waals surface area (Å²) in [5.41, 5.74) is 10.8. The average molecular weight is 883 g/mol. The highest BCUT2D eigenvalue weighted by Crippen LogP contribution is 2.43. The normalized spacial score (nSPS) is 11.8. The van der Waals surface area contributed by atoms with Gasteiger partial charge in [0.2, 0.25) is 0 Å². The fourth-order valence-electron chi connectivity index (χ4n) is 10.3. The van der Waals surface area contributed by atoms with E-state index >= 15 is 0 Å². The highest BCUT2D eigenvalue weighted by Gasteiger charge is 2.21. The van der Waals surface area contributed by atoms with E-state index in [1.54, 1.807) is 11.3 Å². The first-order chi connectivity index (χ1) is 33.7. The molecule has 0 aliphatic heterocycles. The molecule has 14 aromatic rings. The minimum atomic E-state index is 0.622. The second kappa shape index (κ2) is 15.4. The molecule has 0 amide bonds. The lowest BCUT2D eigenvalue weighted by molar-refractivity contribution is 1.08. The van der Waals surface area contributed by atoms with Crippen molar-refractivity contribution in [3.05, 3.63) is 231 Å². The van der Waals surface area contributed by atoms with Crippen LogP contribution in [0.15, 0.2) is 231 Å². The first kappa shape index (κ1) is 38.5. The van der Waals surface area contributed by atoms with E-state index in [-0.39, 0.29) is 0 Å². The fraction of sp³-hybridized carbons (Fsp3) is 0. The molecule has 14 rings (SSSR count). The number of thiophene rings is 1. The zero-order valence-electron chi connectivity index (χ0n) is 36.6. The van der Waals surface area contributed by atoms with Crippen LogP contribution >= 0.6 is 11.3 Å². The molecular weight excluding hydrogens is 845 g/mol. The number of aromatic nitrogens is 4. The van der Waals surface area contributed by atoms with Crippen molar-refractivity contribution < 1.29 is 0 Å². The van der Waals surface area contributed by atoms with Crippen molar-refractivity contribution in [2.45, 2.75) is 0 Å². The standard InChI is InChI=1S/C63H38N4S/c1-3-14-39(15-4-1)42-21-13-22-43(34-42)46-26-29-49-53(35-46)52(31-33-55(49)67-56-32-28-40-16-9-10-23-48(40)60(56)54-36-44-19-7-8-20-45(44)37-57(54)67)63-65-61(41-17-5-2-6-18-41)64-62(66-63)47-27-30-51-50-24-11-12-25-58(50)68-59(51)38-47/h1-38H. The van der Waals surface area contributed by atoms with Gasteiger partial charge in [0.05, 0.1) is 16.7 Å². The van der Waals surface area contributed by atoms with E-state index in [4.69, 9.17) is 15.0 Å². The largest absolute Gasteiger partial charge is 0.309 e. The summed E-state index contributed by atoms with van der Waals surface area (Å²) in [6, 6.07) is 83.1. The quantitative estimate of drug-likeness (QED) is 0.167. The molecule has 0 saturated heterocycles. The molecule has 0 saturated carbocycles. The highest BCUT2D eigenvalue weighted by molar-refractivity contribution is 7.25. The zero-order valence-corrected chi connectivity index (χ0v) is 37.5. The van der Waals surface area contributed by atoms with Crippen LogP contribution in [-0.2, 0) is 0 Å². The average Bonchev–Trinajstić information content (AvgIpc) is 3.95. The van der Waals surface area contributed by atoms with E-state index in [0.29, 0.717) is 17.5 Å². The Hall–Kier alpha value is -8.77. The van der Waals surface area contributed by atoms with Crippen molar-refractivity contribution in [2.24, 2.45) is 0 Å². The Morgan fingerprint density at radius 1 is 0.294 bits per heavy atom. The molecule has 0 aliphatic carbocycles. The molecule has 3 aromatic heterocycles. The predicted molar refractivity (Wildman–Crippen MR) is 287 cm³/mol. The molecule has 3 heterocycles. The van der Waals surface area contributed by atoms with Crippen LogP contribution in [0.3, 0.4) is 0 Å². The number of hydrogen-bond acceptors (Lipinski definition) is 4. The Morgan fingerprint density at radius 3 is 1.72 bits per heavy atom. The van der Waals surface area contributed by atoms with Crippen LogP contribution in [0.4, 0.5) is 0 Å². The Labute approximate surface area is 395 Å². The van der Waals surface area contributed by atoms with E-state index in [0.717, 1.165) is 55.3 Å². The van der Waals surface area contributed by atoms with Crippen molar-refractivity contribution in [2.75, 3.05) is 0 Å². The highest BCUT2D eigenvalue weighted by atomic mass is 32.1. The molecule has 0 unspecified atom stereocenters. The predicted octanol–water partition coefficient (Wildman–Crippen LogP) is 17.1. The van der Waals surface area contributed by atoms with E-state index in [9.17, 15) is 0 Å². The first-order valence-corrected chi connectivity index (χ1v) is 23.8. The van der Waals surface area contributed by atoms with E-state index in [2.05, 4.69) is 217 Å². The molecule has 0 atom stereocenters. The molecule has 316 valence electrons. The van der Waals surface area contributed by atoms with Crippen molar-refractivity contribution in [3.63, 3.8) is 0 Å². The van der Waals surface area contributed by atoms with Crippen LogP contribution in [0.2, 0.25) is 0 Å². The van der Waals surface area contributed by atoms with Gasteiger partial charge in [0.25, 0.3) is 0 Å². The van der Waals surface area contributed by atoms with Crippen molar-refractivity contribution in [1.82, 2.24) is 19.5 Å². The van der Waals surface area contributed by atoms with Gasteiger partial charge in [0.1, 0.15) is 0 Å². The first-order valence-electron chi connectivity index (χ1n) is 23.0. The molecule has 0 radical (unpaired) electrons. The summed E-state index contributed by atoms with van der Waals surface area (Å²) in [6.45, 7) is 0. The Kier molecular flexibility index (Phi) is 8.73. The summed E-state index contributed by atoms with van der Waals surface area (Å²) in [5.74, 6) is 1.89. The van der Waals surface area contributed by atoms with Crippen molar-refractivity contribution >= 4 is 85.6 Å². The molecule has 0 spiro atoms. The molecule has 4 nitrogen and oxygen atoms in total. The van der Waals surface area contributed by atoms with Crippen LogP contribution < -0.4 is 0 Å². The number of benzene rings is 11. The molecule has 11 aromatic carbocycles. The lowest BCUT2D eigenvalue weighted by Gasteiger charge is -2.17. The van der Waals surface area contributed by atoms with Crippen LogP contribution in [-0.4, -0.2) is 19.5 Å². The molecule has 0 fully saturated rings. The molecular formula is C63H38N4S.